The SMILES string of the molecule is CC(O)(CNC(=O)Nc1cccc(CSC2CCOCC2)c1)C(=O)O. The van der Waals surface area contributed by atoms with Crippen LogP contribution in [0, 0.1) is 0 Å². The van der Waals surface area contributed by atoms with Crippen LogP contribution in [0.5, 0.6) is 0 Å². The Morgan fingerprint density at radius 3 is 2.76 bits per heavy atom. The van der Waals surface area contributed by atoms with Gasteiger partial charge in [0.1, 0.15) is 0 Å². The monoisotopic (exact) mass is 368 g/mol. The largest absolute Gasteiger partial charge is 0.479 e. The Bertz CT molecular complexity index is 602. The number of hydrogen-bond donors (Lipinski definition) is 4. The lowest BCUT2D eigenvalue weighted by Gasteiger charge is -2.21. The molecule has 1 saturated heterocycles. The molecule has 1 aliphatic rings. The number of carboxylic acid groups (broad SMARTS) is 1. The van der Waals surface area contributed by atoms with Gasteiger partial charge >= 0.3 is 12.0 Å². The summed E-state index contributed by atoms with van der Waals surface area (Å²) in [5.41, 5.74) is -0.274. The van der Waals surface area contributed by atoms with Crippen molar-refractivity contribution in [2.24, 2.45) is 0 Å². The van der Waals surface area contributed by atoms with E-state index in [1.807, 2.05) is 30.0 Å². The fourth-order valence-corrected chi connectivity index (χ4v) is 3.43. The number of nitrogens with one attached hydrogen (secondary N) is 2. The van der Waals surface area contributed by atoms with E-state index in [0.29, 0.717) is 10.9 Å². The van der Waals surface area contributed by atoms with Crippen LogP contribution < -0.4 is 10.6 Å². The average Bonchev–Trinajstić information content (AvgIpc) is 2.59. The van der Waals surface area contributed by atoms with E-state index in [4.69, 9.17) is 9.84 Å². The zero-order valence-electron chi connectivity index (χ0n) is 14.2. The van der Waals surface area contributed by atoms with Crippen LogP contribution in [-0.2, 0) is 15.3 Å². The fraction of sp³-hybridized carbons (Fsp3) is 0.529. The van der Waals surface area contributed by atoms with Gasteiger partial charge in [0.05, 0.1) is 6.54 Å². The molecule has 4 N–H and O–H groups in total. The third-order valence-corrected chi connectivity index (χ3v) is 5.34. The topological polar surface area (TPSA) is 108 Å². The summed E-state index contributed by atoms with van der Waals surface area (Å²) in [6.07, 6.45) is 2.13. The summed E-state index contributed by atoms with van der Waals surface area (Å²) in [6, 6.07) is 6.96. The number of thioether (sulfide) groups is 1. The number of urea groups is 1. The Morgan fingerprint density at radius 2 is 2.08 bits per heavy atom. The highest BCUT2D eigenvalue weighted by atomic mass is 32.2. The number of amides is 2. The molecule has 1 fully saturated rings. The van der Waals surface area contributed by atoms with Crippen molar-refractivity contribution < 1.29 is 24.5 Å². The van der Waals surface area contributed by atoms with E-state index in [1.54, 1.807) is 6.07 Å². The van der Waals surface area contributed by atoms with Crippen LogP contribution >= 0.6 is 11.8 Å². The molecule has 1 aromatic carbocycles. The van der Waals surface area contributed by atoms with Crippen molar-refractivity contribution in [3.8, 4) is 0 Å². The van der Waals surface area contributed by atoms with Crippen molar-refractivity contribution in [2.45, 2.75) is 36.4 Å². The minimum atomic E-state index is -2.00. The first-order chi connectivity index (χ1) is 11.9. The van der Waals surface area contributed by atoms with Gasteiger partial charge in [-0.15, -0.1) is 0 Å². The highest BCUT2D eigenvalue weighted by Crippen LogP contribution is 2.26. The van der Waals surface area contributed by atoms with E-state index < -0.39 is 17.6 Å². The molecule has 1 atom stereocenters. The summed E-state index contributed by atoms with van der Waals surface area (Å²) >= 11 is 1.89. The third kappa shape index (κ3) is 6.56. The van der Waals surface area contributed by atoms with Crippen molar-refractivity contribution in [1.82, 2.24) is 5.32 Å². The molecule has 2 amide bonds. The van der Waals surface area contributed by atoms with E-state index in [9.17, 15) is 14.7 Å². The molecular formula is C17H24N2O5S. The van der Waals surface area contributed by atoms with Gasteiger partial charge in [0.15, 0.2) is 5.60 Å². The van der Waals surface area contributed by atoms with Crippen molar-refractivity contribution in [2.75, 3.05) is 25.1 Å². The zero-order valence-corrected chi connectivity index (χ0v) is 15.0. The van der Waals surface area contributed by atoms with Crippen molar-refractivity contribution in [3.05, 3.63) is 29.8 Å². The third-order valence-electron chi connectivity index (χ3n) is 3.89. The number of anilines is 1. The molecular weight excluding hydrogens is 344 g/mol. The predicted molar refractivity (Wildman–Crippen MR) is 96.9 cm³/mol. The average molecular weight is 368 g/mol. The van der Waals surface area contributed by atoms with E-state index in [0.717, 1.165) is 44.3 Å². The molecule has 0 aromatic heterocycles. The number of carbonyl (C=O) groups is 2. The molecule has 0 radical (unpaired) electrons. The van der Waals surface area contributed by atoms with Crippen molar-refractivity contribution in [3.63, 3.8) is 0 Å². The van der Waals surface area contributed by atoms with Gasteiger partial charge in [0, 0.05) is 29.9 Å². The molecule has 1 aliphatic heterocycles. The van der Waals surface area contributed by atoms with Crippen LogP contribution in [0.25, 0.3) is 0 Å². The molecule has 1 unspecified atom stereocenters. The molecule has 8 heteroatoms. The summed E-state index contributed by atoms with van der Waals surface area (Å²) in [6.45, 7) is 2.39. The van der Waals surface area contributed by atoms with Crippen LogP contribution in [0.3, 0.4) is 0 Å². The Balaban J connectivity index is 1.81. The number of hydrogen-bond acceptors (Lipinski definition) is 5. The highest BCUT2D eigenvalue weighted by Gasteiger charge is 2.30. The molecule has 1 aromatic rings. The predicted octanol–water partition coefficient (Wildman–Crippen LogP) is 2.06. The van der Waals surface area contributed by atoms with Gasteiger partial charge in [0.2, 0.25) is 0 Å². The highest BCUT2D eigenvalue weighted by molar-refractivity contribution is 7.99. The first-order valence-electron chi connectivity index (χ1n) is 8.16. The van der Waals surface area contributed by atoms with Crippen LogP contribution in [0.15, 0.2) is 24.3 Å². The number of aliphatic carboxylic acids is 1. The standard InChI is InChI=1S/C17H24N2O5S/c1-17(23,15(20)21)11-18-16(22)19-13-4-2-3-12(9-13)10-25-14-5-7-24-8-6-14/h2-4,9,14,23H,5-8,10-11H2,1H3,(H,20,21)(H2,18,19,22). The molecule has 138 valence electrons. The molecule has 25 heavy (non-hydrogen) atoms. The lowest BCUT2D eigenvalue weighted by molar-refractivity contribution is -0.155. The van der Waals surface area contributed by atoms with Gasteiger partial charge in [-0.3, -0.25) is 0 Å². The van der Waals surface area contributed by atoms with Gasteiger partial charge in [-0.2, -0.15) is 11.8 Å². The van der Waals surface area contributed by atoms with Gasteiger partial charge < -0.3 is 25.6 Å². The number of aliphatic hydroxyl groups is 1. The quantitative estimate of drug-likeness (QED) is 0.587. The fourth-order valence-electron chi connectivity index (χ4n) is 2.30. The van der Waals surface area contributed by atoms with Crippen LogP contribution in [-0.4, -0.2) is 52.8 Å². The van der Waals surface area contributed by atoms with Crippen LogP contribution in [0.2, 0.25) is 0 Å². The first-order valence-corrected chi connectivity index (χ1v) is 9.20. The smallest absolute Gasteiger partial charge is 0.337 e. The lowest BCUT2D eigenvalue weighted by Crippen LogP contribution is -2.47. The normalized spacial score (nSPS) is 17.5. The van der Waals surface area contributed by atoms with E-state index in [-0.39, 0.29) is 6.54 Å². The van der Waals surface area contributed by atoms with E-state index in [2.05, 4.69) is 10.6 Å². The van der Waals surface area contributed by atoms with Crippen molar-refractivity contribution in [1.29, 1.82) is 0 Å². The molecule has 1 heterocycles. The summed E-state index contributed by atoms with van der Waals surface area (Å²) in [7, 11) is 0. The Morgan fingerprint density at radius 1 is 1.36 bits per heavy atom. The molecule has 7 nitrogen and oxygen atoms in total. The Labute approximate surface area is 151 Å². The second-order valence-electron chi connectivity index (χ2n) is 6.21. The maximum Gasteiger partial charge on any atom is 0.337 e. The van der Waals surface area contributed by atoms with E-state index in [1.165, 1.54) is 0 Å². The van der Waals surface area contributed by atoms with Gasteiger partial charge in [-0.05, 0) is 37.5 Å². The molecule has 0 spiro atoms. The Hall–Kier alpha value is -1.77. The molecule has 2 rings (SSSR count). The van der Waals surface area contributed by atoms with Gasteiger partial charge in [0.25, 0.3) is 0 Å². The molecule has 0 aliphatic carbocycles. The van der Waals surface area contributed by atoms with Gasteiger partial charge in [-0.25, -0.2) is 9.59 Å². The Kier molecular flexibility index (Phi) is 7.10. The van der Waals surface area contributed by atoms with Crippen LogP contribution in [0.1, 0.15) is 25.3 Å². The second-order valence-corrected chi connectivity index (χ2v) is 7.50. The minimum absolute atomic E-state index is 0.381. The number of rotatable bonds is 7. The van der Waals surface area contributed by atoms with E-state index >= 15 is 0 Å². The number of carboxylic acids is 1. The van der Waals surface area contributed by atoms with Crippen LogP contribution in [0.4, 0.5) is 10.5 Å². The lowest BCUT2D eigenvalue weighted by atomic mass is 10.1. The number of carbonyl (C=O) groups excluding carboxylic acids is 1. The number of benzene rings is 1. The summed E-state index contributed by atoms with van der Waals surface area (Å²) < 4.78 is 5.35. The van der Waals surface area contributed by atoms with Gasteiger partial charge in [-0.1, -0.05) is 12.1 Å². The molecule has 0 bridgehead atoms. The van der Waals surface area contributed by atoms with Crippen molar-refractivity contribution >= 4 is 29.4 Å². The number of ether oxygens (including phenoxy) is 1. The minimum Gasteiger partial charge on any atom is -0.479 e. The first kappa shape index (κ1) is 19.6. The maximum atomic E-state index is 11.9. The molecule has 0 saturated carbocycles. The zero-order chi connectivity index (χ0) is 18.3. The summed E-state index contributed by atoms with van der Waals surface area (Å²) in [4.78, 5) is 22.7. The summed E-state index contributed by atoms with van der Waals surface area (Å²) in [5, 5.41) is 24.0. The summed E-state index contributed by atoms with van der Waals surface area (Å²) in [5.74, 6) is -0.532. The second kappa shape index (κ2) is 9.07. The maximum absolute atomic E-state index is 11.9.